The van der Waals surface area contributed by atoms with E-state index in [9.17, 15) is 14.4 Å². The number of hydrogen-bond acceptors (Lipinski definition) is 9. The van der Waals surface area contributed by atoms with Gasteiger partial charge in [0, 0.05) is 0 Å². The first-order valence-corrected chi connectivity index (χ1v) is 7.77. The van der Waals surface area contributed by atoms with E-state index in [1.807, 2.05) is 0 Å². The SMILES string of the molecule is C=C1OCC(COC(=O)c2ccc(C(=O)OCC3COC(=O)O3)cc2)O1. The summed E-state index contributed by atoms with van der Waals surface area (Å²) in [6, 6.07) is 5.77. The third-order valence-corrected chi connectivity index (χ3v) is 3.54. The van der Waals surface area contributed by atoms with Crippen LogP contribution in [0.4, 0.5) is 4.79 Å². The number of carbonyl (C=O) groups excluding carboxylic acids is 3. The van der Waals surface area contributed by atoms with Gasteiger partial charge in [-0.3, -0.25) is 0 Å². The monoisotopic (exact) mass is 364 g/mol. The Labute approximate surface area is 148 Å². The maximum absolute atomic E-state index is 12.0. The van der Waals surface area contributed by atoms with Crippen molar-refractivity contribution in [3.8, 4) is 0 Å². The van der Waals surface area contributed by atoms with E-state index in [1.165, 1.54) is 24.3 Å². The van der Waals surface area contributed by atoms with Crippen molar-refractivity contribution in [1.82, 2.24) is 0 Å². The van der Waals surface area contributed by atoms with E-state index in [0.717, 1.165) is 0 Å². The predicted octanol–water partition coefficient (Wildman–Crippen LogP) is 1.42. The second kappa shape index (κ2) is 7.77. The molecule has 2 unspecified atom stereocenters. The minimum atomic E-state index is -0.784. The molecule has 0 amide bonds. The average molecular weight is 364 g/mol. The first kappa shape index (κ1) is 17.6. The highest BCUT2D eigenvalue weighted by molar-refractivity contribution is 5.93. The number of ether oxygens (including phenoxy) is 6. The molecule has 9 nitrogen and oxygen atoms in total. The van der Waals surface area contributed by atoms with Crippen LogP contribution in [-0.2, 0) is 28.4 Å². The fourth-order valence-electron chi connectivity index (χ4n) is 2.22. The van der Waals surface area contributed by atoms with E-state index in [4.69, 9.17) is 23.7 Å². The lowest BCUT2D eigenvalue weighted by molar-refractivity contribution is 0.0278. The first-order chi connectivity index (χ1) is 12.5. The fourth-order valence-corrected chi connectivity index (χ4v) is 2.22. The lowest BCUT2D eigenvalue weighted by Gasteiger charge is -2.10. The quantitative estimate of drug-likeness (QED) is 0.547. The molecule has 2 fully saturated rings. The van der Waals surface area contributed by atoms with Gasteiger partial charge >= 0.3 is 18.1 Å². The van der Waals surface area contributed by atoms with Crippen molar-refractivity contribution < 1.29 is 42.8 Å². The zero-order chi connectivity index (χ0) is 18.5. The summed E-state index contributed by atoms with van der Waals surface area (Å²) in [4.78, 5) is 34.7. The summed E-state index contributed by atoms with van der Waals surface area (Å²) in [5.74, 6) is -0.961. The third kappa shape index (κ3) is 4.44. The van der Waals surface area contributed by atoms with Crippen LogP contribution in [0.15, 0.2) is 36.8 Å². The Morgan fingerprint density at radius 2 is 1.42 bits per heavy atom. The molecule has 138 valence electrons. The highest BCUT2D eigenvalue weighted by Crippen LogP contribution is 2.14. The van der Waals surface area contributed by atoms with Gasteiger partial charge in [-0.25, -0.2) is 14.4 Å². The van der Waals surface area contributed by atoms with E-state index in [1.54, 1.807) is 0 Å². The van der Waals surface area contributed by atoms with Crippen LogP contribution in [0, 0.1) is 0 Å². The fraction of sp³-hybridized carbons (Fsp3) is 0.353. The largest absolute Gasteiger partial charge is 0.508 e. The van der Waals surface area contributed by atoms with Crippen LogP contribution in [-0.4, -0.2) is 56.7 Å². The molecule has 1 aromatic rings. The summed E-state index contributed by atoms with van der Waals surface area (Å²) >= 11 is 0. The lowest BCUT2D eigenvalue weighted by atomic mass is 10.1. The van der Waals surface area contributed by atoms with Gasteiger partial charge in [-0.1, -0.05) is 0 Å². The van der Waals surface area contributed by atoms with Gasteiger partial charge in [-0.15, -0.1) is 0 Å². The van der Waals surface area contributed by atoms with Gasteiger partial charge in [0.1, 0.15) is 26.4 Å². The number of hydrogen-bond donors (Lipinski definition) is 0. The van der Waals surface area contributed by atoms with Crippen LogP contribution >= 0.6 is 0 Å². The molecule has 0 bridgehead atoms. The molecule has 0 N–H and O–H groups in total. The minimum absolute atomic E-state index is 0.0316. The van der Waals surface area contributed by atoms with Gasteiger partial charge in [0.25, 0.3) is 5.95 Å². The van der Waals surface area contributed by atoms with Crippen LogP contribution in [0.2, 0.25) is 0 Å². The Morgan fingerprint density at radius 3 is 1.85 bits per heavy atom. The summed E-state index contributed by atoms with van der Waals surface area (Å²) in [6.45, 7) is 3.74. The molecule has 26 heavy (non-hydrogen) atoms. The first-order valence-electron chi connectivity index (χ1n) is 7.77. The van der Waals surface area contributed by atoms with Gasteiger partial charge in [0.05, 0.1) is 11.1 Å². The van der Waals surface area contributed by atoms with Crippen LogP contribution in [0.5, 0.6) is 0 Å². The van der Waals surface area contributed by atoms with E-state index < -0.39 is 24.2 Å². The standard InChI is InChI=1S/C17H16O9/c1-10-21-6-13(25-10)7-22-15(18)11-2-4-12(5-3-11)16(19)23-8-14-9-24-17(20)26-14/h2-5,13-14H,1,6-9H2. The Balaban J connectivity index is 1.46. The second-order valence-electron chi connectivity index (χ2n) is 5.50. The predicted molar refractivity (Wildman–Crippen MR) is 83.2 cm³/mol. The third-order valence-electron chi connectivity index (χ3n) is 3.54. The lowest BCUT2D eigenvalue weighted by Crippen LogP contribution is -2.21. The van der Waals surface area contributed by atoms with Crippen molar-refractivity contribution >= 4 is 18.1 Å². The summed E-state index contributed by atoms with van der Waals surface area (Å²) < 4.78 is 29.7. The van der Waals surface area contributed by atoms with Crippen molar-refractivity contribution in [2.45, 2.75) is 12.2 Å². The number of carbonyl (C=O) groups is 3. The Kier molecular flexibility index (Phi) is 5.26. The van der Waals surface area contributed by atoms with Crippen LogP contribution in [0.3, 0.4) is 0 Å². The zero-order valence-electron chi connectivity index (χ0n) is 13.7. The minimum Gasteiger partial charge on any atom is -0.462 e. The van der Waals surface area contributed by atoms with E-state index in [2.05, 4.69) is 11.3 Å². The number of cyclic esters (lactones) is 2. The van der Waals surface area contributed by atoms with Gasteiger partial charge < -0.3 is 28.4 Å². The molecule has 9 heteroatoms. The van der Waals surface area contributed by atoms with E-state index in [-0.39, 0.29) is 49.6 Å². The second-order valence-corrected chi connectivity index (χ2v) is 5.50. The molecule has 1 aromatic carbocycles. The number of benzene rings is 1. The summed E-state index contributed by atoms with van der Waals surface area (Å²) in [6.07, 6.45) is -1.78. The van der Waals surface area contributed by atoms with Gasteiger partial charge in [0.2, 0.25) is 0 Å². The van der Waals surface area contributed by atoms with Crippen LogP contribution < -0.4 is 0 Å². The molecule has 0 spiro atoms. The van der Waals surface area contributed by atoms with Crippen molar-refractivity contribution in [1.29, 1.82) is 0 Å². The summed E-state index contributed by atoms with van der Waals surface area (Å²) in [7, 11) is 0. The molecular weight excluding hydrogens is 348 g/mol. The van der Waals surface area contributed by atoms with E-state index >= 15 is 0 Å². The van der Waals surface area contributed by atoms with Gasteiger partial charge in [0.15, 0.2) is 12.2 Å². The molecule has 0 radical (unpaired) electrons. The zero-order valence-corrected chi connectivity index (χ0v) is 13.7. The smallest absolute Gasteiger partial charge is 0.462 e. The highest BCUT2D eigenvalue weighted by atomic mass is 16.8. The topological polar surface area (TPSA) is 107 Å². The molecule has 0 saturated carbocycles. The molecule has 0 aliphatic carbocycles. The molecule has 2 aliphatic heterocycles. The number of esters is 2. The van der Waals surface area contributed by atoms with E-state index in [0.29, 0.717) is 0 Å². The Bertz CT molecular complexity index is 648. The summed E-state index contributed by atoms with van der Waals surface area (Å²) in [5.41, 5.74) is 0.521. The molecule has 2 aliphatic rings. The maximum atomic E-state index is 12.0. The van der Waals surface area contributed by atoms with Gasteiger partial charge in [-0.05, 0) is 30.8 Å². The molecular formula is C17H16O9. The van der Waals surface area contributed by atoms with Crippen LogP contribution in [0.25, 0.3) is 0 Å². The van der Waals surface area contributed by atoms with Crippen molar-refractivity contribution in [3.63, 3.8) is 0 Å². The van der Waals surface area contributed by atoms with Crippen LogP contribution in [0.1, 0.15) is 20.7 Å². The normalized spacial score (nSPS) is 21.2. The maximum Gasteiger partial charge on any atom is 0.508 e. The Hall–Kier alpha value is -3.23. The van der Waals surface area contributed by atoms with Crippen molar-refractivity contribution in [2.75, 3.05) is 26.4 Å². The molecule has 2 atom stereocenters. The average Bonchev–Trinajstić information content (AvgIpc) is 3.25. The number of rotatable bonds is 6. The molecule has 3 rings (SSSR count). The van der Waals surface area contributed by atoms with Crippen molar-refractivity contribution in [3.05, 3.63) is 47.9 Å². The Morgan fingerprint density at radius 1 is 0.923 bits per heavy atom. The highest BCUT2D eigenvalue weighted by Gasteiger charge is 2.26. The molecule has 2 heterocycles. The molecule has 0 aromatic heterocycles. The summed E-state index contributed by atoms with van der Waals surface area (Å²) in [5, 5.41) is 0. The molecule has 2 saturated heterocycles. The van der Waals surface area contributed by atoms with Crippen molar-refractivity contribution in [2.24, 2.45) is 0 Å². The van der Waals surface area contributed by atoms with Gasteiger partial charge in [-0.2, -0.15) is 0 Å².